The van der Waals surface area contributed by atoms with Crippen molar-refractivity contribution in [3.8, 4) is 0 Å². The number of carbonyl (C=O) groups excluding carboxylic acids is 1. The van der Waals surface area contributed by atoms with Crippen LogP contribution in [-0.4, -0.2) is 34.0 Å². The van der Waals surface area contributed by atoms with Gasteiger partial charge in [0.25, 0.3) is 5.91 Å². The molecule has 1 aliphatic rings. The third kappa shape index (κ3) is 4.44. The first-order valence-corrected chi connectivity index (χ1v) is 8.70. The zero-order chi connectivity index (χ0) is 18.9. The topological polar surface area (TPSA) is 71.8 Å². The summed E-state index contributed by atoms with van der Waals surface area (Å²) in [7, 11) is 0. The molecule has 1 aromatic heterocycles. The first-order chi connectivity index (χ1) is 12.3. The average molecular weight is 400 g/mol. The lowest BCUT2D eigenvalue weighted by atomic mass is 9.94. The highest BCUT2D eigenvalue weighted by Gasteiger charge is 2.28. The minimum Gasteiger partial charge on any atom is -0.342 e. The molecule has 2 heterocycles. The zero-order valence-corrected chi connectivity index (χ0v) is 16.4. The van der Waals surface area contributed by atoms with E-state index in [0.717, 1.165) is 38.1 Å². The Hall–Kier alpha value is -2.06. The number of piperidine rings is 1. The van der Waals surface area contributed by atoms with Crippen LogP contribution in [-0.2, 0) is 5.54 Å². The maximum absolute atomic E-state index is 13.5. The summed E-state index contributed by atoms with van der Waals surface area (Å²) in [6.45, 7) is 7.10. The van der Waals surface area contributed by atoms with E-state index < -0.39 is 23.1 Å². The summed E-state index contributed by atoms with van der Waals surface area (Å²) in [5.41, 5.74) is 0.527. The second-order valence-corrected chi connectivity index (χ2v) is 7.16. The van der Waals surface area contributed by atoms with E-state index in [0.29, 0.717) is 11.3 Å². The van der Waals surface area contributed by atoms with Crippen molar-refractivity contribution in [2.24, 2.45) is 0 Å². The molecule has 2 N–H and O–H groups in total. The molecule has 1 fully saturated rings. The number of nitrogens with zero attached hydrogens (tertiary/aromatic N) is 3. The standard InChI is InChI=1S/C18H23F2N5O.ClH/c1-11-16(23-24-25(11)13-6-8-21-9-7-13)17(26)22-18(2,3)12-4-5-14(19)15(20)10-12;/h4-5,10,13,21H,6-9H2,1-3H3,(H,22,26);1H. The van der Waals surface area contributed by atoms with E-state index in [1.165, 1.54) is 6.07 Å². The minimum absolute atomic E-state index is 0. The number of amides is 1. The molecule has 148 valence electrons. The van der Waals surface area contributed by atoms with Gasteiger partial charge < -0.3 is 10.6 Å². The Morgan fingerprint density at radius 3 is 2.56 bits per heavy atom. The molecule has 6 nitrogen and oxygen atoms in total. The number of carbonyl (C=O) groups is 1. The lowest BCUT2D eigenvalue weighted by Gasteiger charge is -2.27. The van der Waals surface area contributed by atoms with E-state index in [9.17, 15) is 13.6 Å². The zero-order valence-electron chi connectivity index (χ0n) is 15.6. The third-order valence-electron chi connectivity index (χ3n) is 4.86. The van der Waals surface area contributed by atoms with Crippen LogP contribution in [0.1, 0.15) is 54.5 Å². The van der Waals surface area contributed by atoms with Gasteiger partial charge in [0, 0.05) is 0 Å². The fourth-order valence-electron chi connectivity index (χ4n) is 3.25. The molecule has 0 spiro atoms. The Balaban J connectivity index is 0.00000261. The highest BCUT2D eigenvalue weighted by atomic mass is 35.5. The monoisotopic (exact) mass is 399 g/mol. The van der Waals surface area contributed by atoms with Crippen LogP contribution in [0.3, 0.4) is 0 Å². The van der Waals surface area contributed by atoms with Crippen molar-refractivity contribution >= 4 is 18.3 Å². The summed E-state index contributed by atoms with van der Waals surface area (Å²) in [6.07, 6.45) is 1.87. The van der Waals surface area contributed by atoms with E-state index in [1.54, 1.807) is 18.5 Å². The second kappa shape index (κ2) is 8.31. The Kier molecular flexibility index (Phi) is 6.54. The van der Waals surface area contributed by atoms with Crippen molar-refractivity contribution in [1.29, 1.82) is 0 Å². The quantitative estimate of drug-likeness (QED) is 0.829. The Morgan fingerprint density at radius 1 is 1.26 bits per heavy atom. The van der Waals surface area contributed by atoms with E-state index in [2.05, 4.69) is 20.9 Å². The highest BCUT2D eigenvalue weighted by Crippen LogP contribution is 2.24. The molecule has 27 heavy (non-hydrogen) atoms. The molecule has 1 aromatic carbocycles. The van der Waals surface area contributed by atoms with Gasteiger partial charge in [0.05, 0.1) is 17.3 Å². The number of nitrogens with one attached hydrogen (secondary N) is 2. The lowest BCUT2D eigenvalue weighted by Crippen LogP contribution is -2.41. The molecule has 9 heteroatoms. The van der Waals surface area contributed by atoms with Gasteiger partial charge in [0.2, 0.25) is 0 Å². The summed E-state index contributed by atoms with van der Waals surface area (Å²) in [6, 6.07) is 3.83. The van der Waals surface area contributed by atoms with Gasteiger partial charge >= 0.3 is 0 Å². The third-order valence-corrected chi connectivity index (χ3v) is 4.86. The van der Waals surface area contributed by atoms with Crippen LogP contribution in [0, 0.1) is 18.6 Å². The van der Waals surface area contributed by atoms with Gasteiger partial charge in [-0.15, -0.1) is 17.5 Å². The first-order valence-electron chi connectivity index (χ1n) is 8.70. The molecule has 3 rings (SSSR count). The van der Waals surface area contributed by atoms with Gasteiger partial charge in [-0.2, -0.15) is 0 Å². The average Bonchev–Trinajstić information content (AvgIpc) is 2.99. The smallest absolute Gasteiger partial charge is 0.274 e. The molecule has 2 aromatic rings. The van der Waals surface area contributed by atoms with Gasteiger partial charge in [-0.05, 0) is 64.4 Å². The molecular weight excluding hydrogens is 376 g/mol. The van der Waals surface area contributed by atoms with E-state index in [-0.39, 0.29) is 24.1 Å². The van der Waals surface area contributed by atoms with Crippen molar-refractivity contribution < 1.29 is 13.6 Å². The fraction of sp³-hybridized carbons (Fsp3) is 0.500. The molecule has 1 amide bonds. The molecule has 0 atom stereocenters. The van der Waals surface area contributed by atoms with E-state index in [4.69, 9.17) is 0 Å². The molecule has 1 saturated heterocycles. The molecule has 0 saturated carbocycles. The Bertz CT molecular complexity index is 818. The first kappa shape index (κ1) is 21.2. The number of hydrogen-bond donors (Lipinski definition) is 2. The maximum Gasteiger partial charge on any atom is 0.274 e. The molecule has 0 bridgehead atoms. The summed E-state index contributed by atoms with van der Waals surface area (Å²) >= 11 is 0. The van der Waals surface area contributed by atoms with Gasteiger partial charge in [-0.25, -0.2) is 13.5 Å². The van der Waals surface area contributed by atoms with Crippen molar-refractivity contribution in [1.82, 2.24) is 25.6 Å². The van der Waals surface area contributed by atoms with Gasteiger partial charge in [-0.3, -0.25) is 4.79 Å². The van der Waals surface area contributed by atoms with Gasteiger partial charge in [-0.1, -0.05) is 11.3 Å². The van der Waals surface area contributed by atoms with Crippen LogP contribution < -0.4 is 10.6 Å². The predicted octanol–water partition coefficient (Wildman–Crippen LogP) is 2.88. The van der Waals surface area contributed by atoms with Crippen LogP contribution in [0.25, 0.3) is 0 Å². The SMILES string of the molecule is Cc1c(C(=O)NC(C)(C)c2ccc(F)c(F)c2)nnn1C1CCNCC1.Cl. The van der Waals surface area contributed by atoms with Crippen LogP contribution in [0.15, 0.2) is 18.2 Å². The van der Waals surface area contributed by atoms with Crippen LogP contribution in [0.5, 0.6) is 0 Å². The van der Waals surface area contributed by atoms with Crippen molar-refractivity contribution in [3.05, 3.63) is 46.8 Å². The van der Waals surface area contributed by atoms with E-state index in [1.807, 2.05) is 6.92 Å². The Labute approximate surface area is 163 Å². The number of hydrogen-bond acceptors (Lipinski definition) is 4. The number of halogens is 3. The molecular formula is C18H24ClF2N5O. The van der Waals surface area contributed by atoms with Crippen LogP contribution in [0.4, 0.5) is 8.78 Å². The normalized spacial score (nSPS) is 15.3. The van der Waals surface area contributed by atoms with Gasteiger partial charge in [0.15, 0.2) is 17.3 Å². The summed E-state index contributed by atoms with van der Waals surface area (Å²) < 4.78 is 28.5. The lowest BCUT2D eigenvalue weighted by molar-refractivity contribution is 0.0906. The second-order valence-electron chi connectivity index (χ2n) is 7.16. The number of benzene rings is 1. The maximum atomic E-state index is 13.5. The van der Waals surface area contributed by atoms with Gasteiger partial charge in [0.1, 0.15) is 0 Å². The summed E-state index contributed by atoms with van der Waals surface area (Å²) in [5.74, 6) is -2.26. The fourth-order valence-corrected chi connectivity index (χ4v) is 3.25. The Morgan fingerprint density at radius 2 is 1.93 bits per heavy atom. The predicted molar refractivity (Wildman–Crippen MR) is 100.0 cm³/mol. The molecule has 0 radical (unpaired) electrons. The van der Waals surface area contributed by atoms with Crippen molar-refractivity contribution in [2.45, 2.75) is 45.2 Å². The molecule has 1 aliphatic heterocycles. The summed E-state index contributed by atoms with van der Waals surface area (Å²) in [5, 5.41) is 14.3. The largest absolute Gasteiger partial charge is 0.342 e. The van der Waals surface area contributed by atoms with Crippen LogP contribution in [0.2, 0.25) is 0 Å². The van der Waals surface area contributed by atoms with Crippen molar-refractivity contribution in [3.63, 3.8) is 0 Å². The van der Waals surface area contributed by atoms with E-state index >= 15 is 0 Å². The van der Waals surface area contributed by atoms with Crippen molar-refractivity contribution in [2.75, 3.05) is 13.1 Å². The van der Waals surface area contributed by atoms with Crippen LogP contribution >= 0.6 is 12.4 Å². The highest BCUT2D eigenvalue weighted by molar-refractivity contribution is 5.93. The molecule has 0 unspecified atom stereocenters. The number of aromatic nitrogens is 3. The summed E-state index contributed by atoms with van der Waals surface area (Å²) in [4.78, 5) is 12.7. The number of rotatable bonds is 4. The minimum atomic E-state index is -0.946. The molecule has 0 aliphatic carbocycles.